The van der Waals surface area contributed by atoms with Gasteiger partial charge in [0.15, 0.2) is 0 Å². The Morgan fingerprint density at radius 1 is 1.22 bits per heavy atom. The Kier molecular flexibility index (Phi) is 6.06. The number of imide groups is 1. The highest BCUT2D eigenvalue weighted by Crippen LogP contribution is 2.35. The lowest BCUT2D eigenvalue weighted by Gasteiger charge is -2.29. The number of aryl methyl sites for hydroxylation is 1. The number of carbonyl (C=O) groups excluding carboxylic acids is 4. The molecule has 12 heteroatoms. The number of nitrogens with one attached hydrogen (secondary N) is 3. The summed E-state index contributed by atoms with van der Waals surface area (Å²) >= 11 is 1.48. The minimum Gasteiger partial charge on any atom is -0.494 e. The summed E-state index contributed by atoms with van der Waals surface area (Å²) in [5.41, 5.74) is 1.84. The third kappa shape index (κ3) is 4.59. The largest absolute Gasteiger partial charge is 0.494 e. The van der Waals surface area contributed by atoms with E-state index >= 15 is 0 Å². The van der Waals surface area contributed by atoms with Gasteiger partial charge in [0.05, 0.1) is 35.2 Å². The van der Waals surface area contributed by atoms with E-state index in [0.29, 0.717) is 22.0 Å². The molecule has 1 saturated heterocycles. The van der Waals surface area contributed by atoms with Gasteiger partial charge in [0.2, 0.25) is 11.8 Å². The lowest BCUT2D eigenvalue weighted by Crippen LogP contribution is -2.52. The fraction of sp³-hybridized carbons (Fsp3) is 0.360. The number of anilines is 1. The second-order valence-electron chi connectivity index (χ2n) is 9.63. The number of carbonyl (C=O) groups is 4. The van der Waals surface area contributed by atoms with Gasteiger partial charge in [-0.3, -0.25) is 25.0 Å². The van der Waals surface area contributed by atoms with E-state index in [1.165, 1.54) is 16.2 Å². The lowest BCUT2D eigenvalue weighted by atomic mass is 10.0. The highest BCUT2D eigenvalue weighted by atomic mass is 32.1. The van der Waals surface area contributed by atoms with Crippen molar-refractivity contribution in [3.05, 3.63) is 46.1 Å². The Hall–Kier alpha value is -4.06. The Morgan fingerprint density at radius 3 is 2.73 bits per heavy atom. The van der Waals surface area contributed by atoms with E-state index in [4.69, 9.17) is 9.72 Å². The van der Waals surface area contributed by atoms with E-state index in [2.05, 4.69) is 20.9 Å². The summed E-state index contributed by atoms with van der Waals surface area (Å²) in [5.74, 6) is -0.202. The average Bonchev–Trinajstić information content (AvgIpc) is 3.40. The summed E-state index contributed by atoms with van der Waals surface area (Å²) < 4.78 is 6.43. The van der Waals surface area contributed by atoms with Gasteiger partial charge in [0.1, 0.15) is 28.1 Å². The number of urea groups is 1. The third-order valence-corrected chi connectivity index (χ3v) is 7.72. The van der Waals surface area contributed by atoms with Gasteiger partial charge in [-0.1, -0.05) is 0 Å². The number of rotatable bonds is 5. The summed E-state index contributed by atoms with van der Waals surface area (Å²) in [6, 6.07) is 5.87. The van der Waals surface area contributed by atoms with Crippen molar-refractivity contribution in [2.75, 3.05) is 12.4 Å². The zero-order chi connectivity index (χ0) is 26.5. The monoisotopic (exact) mass is 522 g/mol. The molecule has 0 spiro atoms. The van der Waals surface area contributed by atoms with E-state index in [9.17, 15) is 19.2 Å². The zero-order valence-corrected chi connectivity index (χ0v) is 21.6. The molecule has 3 aromatic rings. The molecule has 5 amide bonds. The maximum absolute atomic E-state index is 12.9. The van der Waals surface area contributed by atoms with Crippen LogP contribution in [0.25, 0.3) is 10.2 Å². The molecule has 1 aromatic carbocycles. The number of aromatic nitrogens is 2. The molecule has 5 rings (SSSR count). The van der Waals surface area contributed by atoms with Crippen LogP contribution in [-0.2, 0) is 21.7 Å². The van der Waals surface area contributed by atoms with E-state index in [0.717, 1.165) is 15.8 Å². The van der Waals surface area contributed by atoms with Crippen molar-refractivity contribution in [2.45, 2.75) is 51.7 Å². The van der Waals surface area contributed by atoms with Gasteiger partial charge in [-0.25, -0.2) is 14.8 Å². The average molecular weight is 523 g/mol. The Bertz CT molecular complexity index is 1470. The van der Waals surface area contributed by atoms with Gasteiger partial charge in [-0.05, 0) is 57.0 Å². The second kappa shape index (κ2) is 9.11. The van der Waals surface area contributed by atoms with Gasteiger partial charge >= 0.3 is 6.03 Å². The summed E-state index contributed by atoms with van der Waals surface area (Å²) in [4.78, 5) is 60.0. The number of benzene rings is 1. The first-order valence-corrected chi connectivity index (χ1v) is 12.6. The van der Waals surface area contributed by atoms with Crippen LogP contribution in [-0.4, -0.2) is 51.8 Å². The van der Waals surface area contributed by atoms with Gasteiger partial charge in [0, 0.05) is 6.42 Å². The fourth-order valence-corrected chi connectivity index (χ4v) is 5.68. The molecule has 4 heterocycles. The number of amides is 5. The molecule has 0 bridgehead atoms. The highest BCUT2D eigenvalue weighted by molar-refractivity contribution is 7.18. The van der Waals surface area contributed by atoms with Crippen molar-refractivity contribution in [2.24, 2.45) is 0 Å². The second-order valence-corrected chi connectivity index (χ2v) is 10.7. The number of methoxy groups -OCH3 is 1. The van der Waals surface area contributed by atoms with Gasteiger partial charge < -0.3 is 15.0 Å². The van der Waals surface area contributed by atoms with E-state index < -0.39 is 23.5 Å². The van der Waals surface area contributed by atoms with Crippen LogP contribution in [0.3, 0.4) is 0 Å². The Balaban J connectivity index is 1.29. The van der Waals surface area contributed by atoms with Gasteiger partial charge in [-0.15, -0.1) is 11.3 Å². The van der Waals surface area contributed by atoms with Crippen LogP contribution in [0.5, 0.6) is 5.75 Å². The fourth-order valence-electron chi connectivity index (χ4n) is 4.54. The zero-order valence-electron chi connectivity index (χ0n) is 20.8. The molecular formula is C25H26N6O5S. The molecule has 1 fully saturated rings. The SMILES string of the molecule is COc1cc(C)cc2sc(C(C)(C)NC(=O)Nc3ccc4c(n3)CN(C3CCC(=O)NC3=O)C4=O)nc12. The van der Waals surface area contributed by atoms with Crippen LogP contribution < -0.4 is 20.7 Å². The van der Waals surface area contributed by atoms with Crippen molar-refractivity contribution in [3.63, 3.8) is 0 Å². The molecule has 1 unspecified atom stereocenters. The third-order valence-electron chi connectivity index (χ3n) is 6.40. The number of fused-ring (bicyclic) bond motifs is 2. The van der Waals surface area contributed by atoms with Gasteiger partial charge in [0.25, 0.3) is 5.91 Å². The number of ether oxygens (including phenoxy) is 1. The smallest absolute Gasteiger partial charge is 0.321 e. The summed E-state index contributed by atoms with van der Waals surface area (Å²) in [5, 5.41) is 8.65. The first kappa shape index (κ1) is 24.6. The molecule has 1 atom stereocenters. The van der Waals surface area contributed by atoms with E-state index in [-0.39, 0.29) is 37.0 Å². The molecule has 3 N–H and O–H groups in total. The van der Waals surface area contributed by atoms with Crippen molar-refractivity contribution in [1.82, 2.24) is 25.5 Å². The van der Waals surface area contributed by atoms with Crippen LogP contribution in [0.2, 0.25) is 0 Å². The molecule has 37 heavy (non-hydrogen) atoms. The molecule has 0 radical (unpaired) electrons. The number of nitrogens with zero attached hydrogens (tertiary/aromatic N) is 3. The number of piperidine rings is 1. The Labute approximate surface area is 216 Å². The molecule has 2 aromatic heterocycles. The maximum Gasteiger partial charge on any atom is 0.321 e. The maximum atomic E-state index is 12.9. The van der Waals surface area contributed by atoms with Crippen LogP contribution in [0, 0.1) is 6.92 Å². The predicted molar refractivity (Wildman–Crippen MR) is 136 cm³/mol. The highest BCUT2D eigenvalue weighted by Gasteiger charge is 2.40. The van der Waals surface area contributed by atoms with Crippen LogP contribution in [0.15, 0.2) is 24.3 Å². The van der Waals surface area contributed by atoms with E-state index in [1.54, 1.807) is 19.2 Å². The van der Waals surface area contributed by atoms with Crippen molar-refractivity contribution in [1.29, 1.82) is 0 Å². The molecule has 0 saturated carbocycles. The van der Waals surface area contributed by atoms with Crippen LogP contribution >= 0.6 is 11.3 Å². The van der Waals surface area contributed by atoms with Crippen molar-refractivity contribution >= 4 is 51.1 Å². The number of thiazole rings is 1. The van der Waals surface area contributed by atoms with E-state index in [1.807, 2.05) is 32.9 Å². The topological polar surface area (TPSA) is 143 Å². The first-order chi connectivity index (χ1) is 17.6. The summed E-state index contributed by atoms with van der Waals surface area (Å²) in [6.07, 6.45) is 0.442. The molecule has 2 aliphatic heterocycles. The predicted octanol–water partition coefficient (Wildman–Crippen LogP) is 2.83. The lowest BCUT2D eigenvalue weighted by molar-refractivity contribution is -0.136. The minimum absolute atomic E-state index is 0.121. The summed E-state index contributed by atoms with van der Waals surface area (Å²) in [7, 11) is 1.60. The van der Waals surface area contributed by atoms with Gasteiger partial charge in [-0.2, -0.15) is 0 Å². The molecule has 2 aliphatic rings. The summed E-state index contributed by atoms with van der Waals surface area (Å²) in [6.45, 7) is 5.82. The first-order valence-electron chi connectivity index (χ1n) is 11.7. The Morgan fingerprint density at radius 2 is 2.00 bits per heavy atom. The van der Waals surface area contributed by atoms with Crippen molar-refractivity contribution in [3.8, 4) is 5.75 Å². The minimum atomic E-state index is -0.790. The number of pyridine rings is 1. The van der Waals surface area contributed by atoms with Crippen LogP contribution in [0.4, 0.5) is 10.6 Å². The standard InChI is InChI=1S/C25H26N6O5S/c1-12-9-16(36-4)20-17(10-12)37-23(29-20)25(2,3)30-24(35)27-18-7-5-13-14(26-18)11-31(22(13)34)15-6-8-19(32)28-21(15)33/h5,7,9-10,15H,6,8,11H2,1-4H3,(H,28,32,33)(H2,26,27,30,35). The molecule has 11 nitrogen and oxygen atoms in total. The quantitative estimate of drug-likeness (QED) is 0.437. The van der Waals surface area contributed by atoms with Crippen molar-refractivity contribution < 1.29 is 23.9 Å². The normalized spacial score (nSPS) is 17.6. The molecular weight excluding hydrogens is 496 g/mol. The number of hydrogen-bond donors (Lipinski definition) is 3. The van der Waals surface area contributed by atoms with Crippen LogP contribution in [0.1, 0.15) is 53.3 Å². The molecule has 0 aliphatic carbocycles. The number of hydrogen-bond acceptors (Lipinski definition) is 8. The molecule has 192 valence electrons.